The van der Waals surface area contributed by atoms with Crippen molar-refractivity contribution in [2.75, 3.05) is 40.0 Å². The molecule has 2 aliphatic heterocycles. The molecule has 132 valence electrons. The fourth-order valence-electron chi connectivity index (χ4n) is 2.61. The van der Waals surface area contributed by atoms with Crippen LogP contribution in [0.4, 0.5) is 4.79 Å². The Kier molecular flexibility index (Phi) is 5.40. The minimum Gasteiger partial charge on any atom is -0.496 e. The van der Waals surface area contributed by atoms with Crippen LogP contribution in [0.3, 0.4) is 0 Å². The molecule has 0 unspecified atom stereocenters. The van der Waals surface area contributed by atoms with E-state index in [2.05, 4.69) is 0 Å². The van der Waals surface area contributed by atoms with Crippen LogP contribution in [-0.4, -0.2) is 66.8 Å². The Balaban J connectivity index is 1.73. The van der Waals surface area contributed by atoms with Crippen LogP contribution in [0, 0.1) is 0 Å². The van der Waals surface area contributed by atoms with Gasteiger partial charge in [0.15, 0.2) is 0 Å². The van der Waals surface area contributed by atoms with Gasteiger partial charge in [-0.15, -0.1) is 0 Å². The molecule has 0 bridgehead atoms. The topological polar surface area (TPSA) is 76.2 Å². The van der Waals surface area contributed by atoms with Crippen LogP contribution < -0.4 is 4.74 Å². The zero-order chi connectivity index (χ0) is 17.8. The van der Waals surface area contributed by atoms with Gasteiger partial charge in [-0.1, -0.05) is 18.2 Å². The van der Waals surface area contributed by atoms with Gasteiger partial charge in [-0.3, -0.25) is 19.3 Å². The number of benzene rings is 1. The molecule has 3 rings (SSSR count). The number of hydrogen-bond donors (Lipinski definition) is 0. The number of hydrogen-bond acceptors (Lipinski definition) is 6. The lowest BCUT2D eigenvalue weighted by Crippen LogP contribution is -2.46. The minimum absolute atomic E-state index is 0.242. The van der Waals surface area contributed by atoms with Crippen molar-refractivity contribution in [2.24, 2.45) is 0 Å². The van der Waals surface area contributed by atoms with Crippen molar-refractivity contribution >= 4 is 34.9 Å². The average Bonchev–Trinajstić information content (AvgIpc) is 2.90. The summed E-state index contributed by atoms with van der Waals surface area (Å²) in [7, 11) is 1.54. The lowest BCUT2D eigenvalue weighted by Gasteiger charge is -2.28. The van der Waals surface area contributed by atoms with Crippen LogP contribution >= 0.6 is 11.8 Å². The second kappa shape index (κ2) is 7.71. The quantitative estimate of drug-likeness (QED) is 0.757. The Morgan fingerprint density at radius 3 is 2.72 bits per heavy atom. The van der Waals surface area contributed by atoms with Gasteiger partial charge in [-0.05, 0) is 23.9 Å². The molecular weight excluding hydrogens is 344 g/mol. The average molecular weight is 362 g/mol. The molecule has 0 aliphatic carbocycles. The summed E-state index contributed by atoms with van der Waals surface area (Å²) < 4.78 is 10.5. The van der Waals surface area contributed by atoms with Gasteiger partial charge in [0.1, 0.15) is 12.3 Å². The molecule has 1 aromatic rings. The molecule has 0 aromatic heterocycles. The molecule has 7 nitrogen and oxygen atoms in total. The summed E-state index contributed by atoms with van der Waals surface area (Å²) in [6.45, 7) is 1.66. The van der Waals surface area contributed by atoms with Gasteiger partial charge in [0.05, 0.1) is 25.2 Å². The zero-order valence-electron chi connectivity index (χ0n) is 13.8. The number of methoxy groups -OCH3 is 1. The third-order valence-corrected chi connectivity index (χ3v) is 4.86. The molecule has 3 amide bonds. The summed E-state index contributed by atoms with van der Waals surface area (Å²) in [5.74, 6) is -0.0923. The molecule has 1 aromatic carbocycles. The van der Waals surface area contributed by atoms with Crippen molar-refractivity contribution in [2.45, 2.75) is 0 Å². The summed E-state index contributed by atoms with van der Waals surface area (Å²) in [5, 5.41) is -0.437. The first-order chi connectivity index (χ1) is 12.1. The van der Waals surface area contributed by atoms with Gasteiger partial charge in [0.2, 0.25) is 5.91 Å². The molecule has 0 spiro atoms. The molecular formula is C17H18N2O5S. The van der Waals surface area contributed by atoms with Crippen molar-refractivity contribution in [3.8, 4) is 5.75 Å². The van der Waals surface area contributed by atoms with E-state index in [0.29, 0.717) is 37.6 Å². The van der Waals surface area contributed by atoms with Crippen LogP contribution in [0.5, 0.6) is 5.75 Å². The summed E-state index contributed by atoms with van der Waals surface area (Å²) in [4.78, 5) is 39.8. The number of thioether (sulfide) groups is 1. The molecule has 0 atom stereocenters. The summed E-state index contributed by atoms with van der Waals surface area (Å²) >= 11 is 0.832. The van der Waals surface area contributed by atoms with E-state index in [-0.39, 0.29) is 17.4 Å². The predicted molar refractivity (Wildman–Crippen MR) is 93.1 cm³/mol. The van der Waals surface area contributed by atoms with E-state index >= 15 is 0 Å². The highest BCUT2D eigenvalue weighted by Gasteiger charge is 2.37. The molecule has 0 radical (unpaired) electrons. The molecule has 25 heavy (non-hydrogen) atoms. The van der Waals surface area contributed by atoms with Crippen molar-refractivity contribution < 1.29 is 23.9 Å². The highest BCUT2D eigenvalue weighted by Crippen LogP contribution is 2.33. The molecule has 8 heteroatoms. The molecule has 0 N–H and O–H groups in total. The maximum absolute atomic E-state index is 12.5. The van der Waals surface area contributed by atoms with Gasteiger partial charge in [-0.25, -0.2) is 0 Å². The normalized spacial score (nSPS) is 19.6. The zero-order valence-corrected chi connectivity index (χ0v) is 14.6. The first-order valence-electron chi connectivity index (χ1n) is 7.84. The van der Waals surface area contributed by atoms with Crippen LogP contribution in [0.15, 0.2) is 29.2 Å². The van der Waals surface area contributed by atoms with Crippen molar-refractivity contribution in [3.63, 3.8) is 0 Å². The van der Waals surface area contributed by atoms with E-state index in [9.17, 15) is 14.4 Å². The standard InChI is InChI=1S/C17H18N2O5S/c1-23-13-5-3-2-4-12(13)10-14-16(21)19(17(22)25-14)11-15(20)18-6-8-24-9-7-18/h2-5,10H,6-9,11H2,1H3/b14-10-. The first-order valence-corrected chi connectivity index (χ1v) is 8.65. The number of rotatable bonds is 4. The third kappa shape index (κ3) is 3.85. The maximum atomic E-state index is 12.5. The number of imide groups is 1. The number of morpholine rings is 1. The number of amides is 3. The smallest absolute Gasteiger partial charge is 0.294 e. The van der Waals surface area contributed by atoms with Gasteiger partial charge in [0, 0.05) is 18.7 Å². The minimum atomic E-state index is -0.456. The SMILES string of the molecule is COc1ccccc1/C=C1\SC(=O)N(CC(=O)N2CCOCC2)C1=O. The Labute approximate surface area is 149 Å². The number of carbonyl (C=O) groups excluding carboxylic acids is 3. The van der Waals surface area contributed by atoms with Crippen LogP contribution in [0.25, 0.3) is 6.08 Å². The van der Waals surface area contributed by atoms with Crippen molar-refractivity contribution in [1.82, 2.24) is 9.80 Å². The van der Waals surface area contributed by atoms with Crippen LogP contribution in [0.2, 0.25) is 0 Å². The lowest BCUT2D eigenvalue weighted by atomic mass is 10.2. The molecule has 2 heterocycles. The molecule has 2 aliphatic rings. The highest BCUT2D eigenvalue weighted by atomic mass is 32.2. The number of ether oxygens (including phenoxy) is 2. The van der Waals surface area contributed by atoms with Crippen molar-refractivity contribution in [3.05, 3.63) is 34.7 Å². The second-order valence-corrected chi connectivity index (χ2v) is 6.50. The van der Waals surface area contributed by atoms with E-state index in [1.807, 2.05) is 12.1 Å². The van der Waals surface area contributed by atoms with Crippen molar-refractivity contribution in [1.29, 1.82) is 0 Å². The summed E-state index contributed by atoms with van der Waals surface area (Å²) in [6.07, 6.45) is 1.61. The number of carbonyl (C=O) groups is 3. The van der Waals surface area contributed by atoms with Crippen LogP contribution in [0.1, 0.15) is 5.56 Å². The number of para-hydroxylation sites is 1. The Morgan fingerprint density at radius 2 is 2.00 bits per heavy atom. The molecule has 2 fully saturated rings. The van der Waals surface area contributed by atoms with Gasteiger partial charge in [-0.2, -0.15) is 0 Å². The highest BCUT2D eigenvalue weighted by molar-refractivity contribution is 8.18. The number of nitrogens with zero attached hydrogens (tertiary/aromatic N) is 2. The fourth-order valence-corrected chi connectivity index (χ4v) is 3.44. The molecule has 2 saturated heterocycles. The second-order valence-electron chi connectivity index (χ2n) is 5.50. The van der Waals surface area contributed by atoms with Gasteiger partial charge < -0.3 is 14.4 Å². The predicted octanol–water partition coefficient (Wildman–Crippen LogP) is 1.59. The van der Waals surface area contributed by atoms with Gasteiger partial charge >= 0.3 is 0 Å². The Bertz CT molecular complexity index is 728. The Morgan fingerprint density at radius 1 is 1.28 bits per heavy atom. The Hall–Kier alpha value is -2.32. The van der Waals surface area contributed by atoms with E-state index in [1.165, 1.54) is 0 Å². The molecule has 0 saturated carbocycles. The fraction of sp³-hybridized carbons (Fsp3) is 0.353. The van der Waals surface area contributed by atoms with Gasteiger partial charge in [0.25, 0.3) is 11.1 Å². The van der Waals surface area contributed by atoms with Crippen LogP contribution in [-0.2, 0) is 14.3 Å². The van der Waals surface area contributed by atoms with E-state index < -0.39 is 11.1 Å². The summed E-state index contributed by atoms with van der Waals surface area (Å²) in [6, 6.07) is 7.22. The van der Waals surface area contributed by atoms with E-state index in [4.69, 9.17) is 9.47 Å². The first kappa shape index (κ1) is 17.5. The summed E-state index contributed by atoms with van der Waals surface area (Å²) in [5.41, 5.74) is 0.704. The third-order valence-electron chi connectivity index (χ3n) is 3.96. The monoisotopic (exact) mass is 362 g/mol. The van der Waals surface area contributed by atoms with E-state index in [1.54, 1.807) is 30.2 Å². The maximum Gasteiger partial charge on any atom is 0.294 e. The van der Waals surface area contributed by atoms with E-state index in [0.717, 1.165) is 16.7 Å². The largest absolute Gasteiger partial charge is 0.496 e. The lowest BCUT2D eigenvalue weighted by molar-refractivity contribution is -0.139.